The van der Waals surface area contributed by atoms with Gasteiger partial charge in [0.15, 0.2) is 11.6 Å². The predicted octanol–water partition coefficient (Wildman–Crippen LogP) is 3.76. The fourth-order valence-corrected chi connectivity index (χ4v) is 1.91. The average molecular weight is 314 g/mol. The molecule has 0 heterocycles. The summed E-state index contributed by atoms with van der Waals surface area (Å²) >= 11 is 0. The van der Waals surface area contributed by atoms with Crippen LogP contribution in [0.15, 0.2) is 43.0 Å². The van der Waals surface area contributed by atoms with Gasteiger partial charge in [-0.2, -0.15) is 0 Å². The standard InChI is InChI=1S/C19H22O4/c1-3-19(22)23-14-6-4-5-7-18(21)13-10-16-8-11-17(12-9-16)15(2)20/h3,8-13H,1,4-7,14H2,2H3/b13-10-. The van der Waals surface area contributed by atoms with Crippen LogP contribution < -0.4 is 0 Å². The zero-order valence-electron chi connectivity index (χ0n) is 13.4. The second kappa shape index (κ2) is 10.3. The highest BCUT2D eigenvalue weighted by molar-refractivity contribution is 5.95. The zero-order valence-corrected chi connectivity index (χ0v) is 13.4. The van der Waals surface area contributed by atoms with Crippen LogP contribution in [0.5, 0.6) is 0 Å². The summed E-state index contributed by atoms with van der Waals surface area (Å²) < 4.78 is 4.85. The molecule has 122 valence electrons. The minimum atomic E-state index is -0.417. The number of hydrogen-bond donors (Lipinski definition) is 0. The molecule has 0 aliphatic heterocycles. The maximum atomic E-state index is 11.7. The Morgan fingerprint density at radius 1 is 1.09 bits per heavy atom. The number of carbonyl (C=O) groups is 3. The summed E-state index contributed by atoms with van der Waals surface area (Å²) in [7, 11) is 0. The number of ether oxygens (including phenoxy) is 1. The quantitative estimate of drug-likeness (QED) is 0.285. The first-order valence-electron chi connectivity index (χ1n) is 7.64. The molecule has 1 aromatic rings. The van der Waals surface area contributed by atoms with Crippen molar-refractivity contribution in [3.63, 3.8) is 0 Å². The van der Waals surface area contributed by atoms with Crippen molar-refractivity contribution in [1.82, 2.24) is 0 Å². The first kappa shape index (κ1) is 18.6. The molecule has 0 fully saturated rings. The summed E-state index contributed by atoms with van der Waals surface area (Å²) in [5, 5.41) is 0. The van der Waals surface area contributed by atoms with Crippen LogP contribution in [-0.2, 0) is 14.3 Å². The molecule has 0 N–H and O–H groups in total. The van der Waals surface area contributed by atoms with Gasteiger partial charge in [0.05, 0.1) is 6.61 Å². The fraction of sp³-hybridized carbons (Fsp3) is 0.316. The lowest BCUT2D eigenvalue weighted by atomic mass is 10.1. The number of Topliss-reactive ketones (excluding diaryl/α,β-unsaturated/α-hetero) is 1. The molecule has 4 nitrogen and oxygen atoms in total. The van der Waals surface area contributed by atoms with Gasteiger partial charge in [-0.25, -0.2) is 4.79 Å². The highest BCUT2D eigenvalue weighted by Gasteiger charge is 2.00. The molecule has 0 saturated heterocycles. The summed E-state index contributed by atoms with van der Waals surface area (Å²) in [4.78, 5) is 33.7. The van der Waals surface area contributed by atoms with Gasteiger partial charge in [-0.15, -0.1) is 0 Å². The third-order valence-electron chi connectivity index (χ3n) is 3.26. The van der Waals surface area contributed by atoms with Gasteiger partial charge in [0, 0.05) is 18.1 Å². The molecule has 23 heavy (non-hydrogen) atoms. The smallest absolute Gasteiger partial charge is 0.330 e. The van der Waals surface area contributed by atoms with E-state index in [4.69, 9.17) is 4.74 Å². The third-order valence-corrected chi connectivity index (χ3v) is 3.26. The molecular weight excluding hydrogens is 292 g/mol. The third kappa shape index (κ3) is 7.90. The highest BCUT2D eigenvalue weighted by atomic mass is 16.5. The molecule has 0 spiro atoms. The first-order chi connectivity index (χ1) is 11.0. The monoisotopic (exact) mass is 314 g/mol. The highest BCUT2D eigenvalue weighted by Crippen LogP contribution is 2.08. The minimum Gasteiger partial charge on any atom is -0.463 e. The molecule has 0 unspecified atom stereocenters. The molecule has 0 saturated carbocycles. The topological polar surface area (TPSA) is 60.4 Å². The van der Waals surface area contributed by atoms with E-state index in [2.05, 4.69) is 6.58 Å². The van der Waals surface area contributed by atoms with Gasteiger partial charge < -0.3 is 4.74 Å². The van der Waals surface area contributed by atoms with Crippen LogP contribution in [-0.4, -0.2) is 24.1 Å². The van der Waals surface area contributed by atoms with Gasteiger partial charge in [0.25, 0.3) is 0 Å². The summed E-state index contributed by atoms with van der Waals surface area (Å²) in [5.74, 6) is -0.334. The van der Waals surface area contributed by atoms with Crippen molar-refractivity contribution in [1.29, 1.82) is 0 Å². The SMILES string of the molecule is C=CC(=O)OCCCCCC(=O)/C=C\c1ccc(C(C)=O)cc1. The van der Waals surface area contributed by atoms with Crippen LogP contribution in [0.4, 0.5) is 0 Å². The van der Waals surface area contributed by atoms with Crippen LogP contribution in [0, 0.1) is 0 Å². The molecule has 0 aliphatic rings. The normalized spacial score (nSPS) is 10.5. The molecule has 0 amide bonds. The molecule has 1 aromatic carbocycles. The second-order valence-corrected chi connectivity index (χ2v) is 5.16. The van der Waals surface area contributed by atoms with Crippen molar-refractivity contribution in [3.8, 4) is 0 Å². The van der Waals surface area contributed by atoms with Crippen molar-refractivity contribution in [2.24, 2.45) is 0 Å². The van der Waals surface area contributed by atoms with Crippen molar-refractivity contribution < 1.29 is 19.1 Å². The van der Waals surface area contributed by atoms with Crippen LogP contribution in [0.3, 0.4) is 0 Å². The van der Waals surface area contributed by atoms with Crippen molar-refractivity contribution in [2.75, 3.05) is 6.61 Å². The van der Waals surface area contributed by atoms with Crippen LogP contribution in [0.25, 0.3) is 6.08 Å². The Labute approximate surface area is 136 Å². The second-order valence-electron chi connectivity index (χ2n) is 5.16. The Morgan fingerprint density at radius 2 is 1.78 bits per heavy atom. The van der Waals surface area contributed by atoms with E-state index < -0.39 is 5.97 Å². The average Bonchev–Trinajstić information content (AvgIpc) is 2.56. The van der Waals surface area contributed by atoms with Crippen LogP contribution in [0.2, 0.25) is 0 Å². The molecule has 1 rings (SSSR count). The number of allylic oxidation sites excluding steroid dienone is 1. The van der Waals surface area contributed by atoms with Crippen molar-refractivity contribution in [2.45, 2.75) is 32.6 Å². The number of benzene rings is 1. The molecule has 0 atom stereocenters. The van der Waals surface area contributed by atoms with E-state index in [1.54, 1.807) is 24.3 Å². The van der Waals surface area contributed by atoms with E-state index in [-0.39, 0.29) is 11.6 Å². The van der Waals surface area contributed by atoms with Gasteiger partial charge in [-0.3, -0.25) is 9.59 Å². The number of esters is 1. The molecular formula is C19H22O4. The first-order valence-corrected chi connectivity index (χ1v) is 7.64. The lowest BCUT2D eigenvalue weighted by Gasteiger charge is -2.01. The molecule has 0 bridgehead atoms. The van der Waals surface area contributed by atoms with Crippen LogP contribution >= 0.6 is 0 Å². The number of rotatable bonds is 10. The summed E-state index contributed by atoms with van der Waals surface area (Å²) in [6.45, 7) is 5.19. The Balaban J connectivity index is 2.24. The largest absolute Gasteiger partial charge is 0.463 e. The van der Waals surface area contributed by atoms with E-state index in [0.717, 1.165) is 30.9 Å². The van der Waals surface area contributed by atoms with Crippen LogP contribution in [0.1, 0.15) is 48.5 Å². The lowest BCUT2D eigenvalue weighted by Crippen LogP contribution is -2.02. The number of ketones is 2. The van der Waals surface area contributed by atoms with Gasteiger partial charge in [-0.1, -0.05) is 36.9 Å². The number of carbonyl (C=O) groups excluding carboxylic acids is 3. The summed E-state index contributed by atoms with van der Waals surface area (Å²) in [5.41, 5.74) is 1.55. The Bertz CT molecular complexity index is 582. The molecule has 0 aromatic heterocycles. The van der Waals surface area contributed by atoms with Gasteiger partial charge >= 0.3 is 5.97 Å². The Morgan fingerprint density at radius 3 is 2.39 bits per heavy atom. The summed E-state index contributed by atoms with van der Waals surface area (Å²) in [6.07, 6.45) is 7.24. The molecule has 0 radical (unpaired) electrons. The van der Waals surface area contributed by atoms with Gasteiger partial charge in [-0.05, 0) is 37.8 Å². The molecule has 4 heteroatoms. The van der Waals surface area contributed by atoms with Gasteiger partial charge in [0.1, 0.15) is 0 Å². The van der Waals surface area contributed by atoms with E-state index >= 15 is 0 Å². The van der Waals surface area contributed by atoms with E-state index in [0.29, 0.717) is 18.6 Å². The van der Waals surface area contributed by atoms with E-state index in [1.165, 1.54) is 6.92 Å². The van der Waals surface area contributed by atoms with E-state index in [9.17, 15) is 14.4 Å². The van der Waals surface area contributed by atoms with Gasteiger partial charge in [0.2, 0.25) is 0 Å². The predicted molar refractivity (Wildman–Crippen MR) is 90.1 cm³/mol. The van der Waals surface area contributed by atoms with Crippen molar-refractivity contribution >= 4 is 23.6 Å². The number of unbranched alkanes of at least 4 members (excludes halogenated alkanes) is 2. The summed E-state index contributed by atoms with van der Waals surface area (Å²) in [6, 6.07) is 7.12. The number of hydrogen-bond acceptors (Lipinski definition) is 4. The minimum absolute atomic E-state index is 0.0235. The molecule has 0 aliphatic carbocycles. The zero-order chi connectivity index (χ0) is 17.1. The Kier molecular flexibility index (Phi) is 8.29. The fourth-order valence-electron chi connectivity index (χ4n) is 1.91. The Hall–Kier alpha value is -2.49. The van der Waals surface area contributed by atoms with E-state index in [1.807, 2.05) is 12.1 Å². The van der Waals surface area contributed by atoms with Crippen molar-refractivity contribution in [3.05, 3.63) is 54.1 Å². The maximum absolute atomic E-state index is 11.7. The lowest BCUT2D eigenvalue weighted by molar-refractivity contribution is -0.137. The maximum Gasteiger partial charge on any atom is 0.330 e.